The molecule has 0 saturated heterocycles. The van der Waals surface area contributed by atoms with E-state index in [1.807, 2.05) is 24.5 Å². The van der Waals surface area contributed by atoms with Crippen molar-refractivity contribution < 1.29 is 13.2 Å². The van der Waals surface area contributed by atoms with Gasteiger partial charge in [0.1, 0.15) is 16.9 Å². The molecule has 0 N–H and O–H groups in total. The Balaban J connectivity index is 1.78. The normalized spacial score (nSPS) is 19.5. The van der Waals surface area contributed by atoms with Crippen molar-refractivity contribution in [3.05, 3.63) is 80.6 Å². The summed E-state index contributed by atoms with van der Waals surface area (Å²) in [6, 6.07) is 3.97. The molecular weight excluding hydrogens is 495 g/mol. The predicted molar refractivity (Wildman–Crippen MR) is 134 cm³/mol. The SMILES string of the molecule is C=N/C=C\C=C(/C)c1nnc2n1-c1sc3c(c1C(c1c(F)cccc1Cl)=N[C@H]2C)CC(C(F)F)C3. The lowest BCUT2D eigenvalue weighted by Crippen LogP contribution is -2.14. The molecule has 0 radical (unpaired) electrons. The molecule has 10 heteroatoms. The number of hydrogen-bond acceptors (Lipinski definition) is 5. The molecule has 35 heavy (non-hydrogen) atoms. The molecule has 1 aliphatic heterocycles. The minimum Gasteiger partial charge on any atom is -0.273 e. The standard InChI is InChI=1S/C25H21ClF3N5S/c1-12(6-5-9-30-3)23-32-33-24-13(2)31-21(20-16(26)7-4-8-17(20)27)19-15-10-14(22(28)29)11-18(15)35-25(19)34(23)24/h4-9,13-14,22H,3,10-11H2,1-2H3/b9-5-,12-6+/t13-,14?/m0/s1. The van der Waals surface area contributed by atoms with E-state index in [0.717, 1.165) is 21.0 Å². The van der Waals surface area contributed by atoms with Gasteiger partial charge >= 0.3 is 0 Å². The molecule has 2 atom stereocenters. The van der Waals surface area contributed by atoms with Crippen molar-refractivity contribution in [2.75, 3.05) is 0 Å². The first-order valence-corrected chi connectivity index (χ1v) is 12.2. The third-order valence-electron chi connectivity index (χ3n) is 6.26. The number of nitrogens with zero attached hydrogens (tertiary/aromatic N) is 5. The molecule has 180 valence electrons. The Labute approximate surface area is 209 Å². The lowest BCUT2D eigenvalue weighted by atomic mass is 9.97. The van der Waals surface area contributed by atoms with E-state index in [4.69, 9.17) is 16.6 Å². The summed E-state index contributed by atoms with van der Waals surface area (Å²) in [6.45, 7) is 7.17. The lowest BCUT2D eigenvalue weighted by molar-refractivity contribution is 0.0826. The fourth-order valence-corrected chi connectivity index (χ4v) is 6.29. The van der Waals surface area contributed by atoms with Gasteiger partial charge < -0.3 is 0 Å². The Morgan fingerprint density at radius 3 is 2.80 bits per heavy atom. The summed E-state index contributed by atoms with van der Waals surface area (Å²) in [7, 11) is 0. The van der Waals surface area contributed by atoms with Crippen LogP contribution in [0.1, 0.15) is 53.1 Å². The molecule has 0 bridgehead atoms. The number of thiophene rings is 1. The second-order valence-corrected chi connectivity index (χ2v) is 10.0. The molecule has 3 heterocycles. The summed E-state index contributed by atoms with van der Waals surface area (Å²) >= 11 is 7.87. The van der Waals surface area contributed by atoms with E-state index in [1.165, 1.54) is 23.5 Å². The van der Waals surface area contributed by atoms with Crippen molar-refractivity contribution in [3.63, 3.8) is 0 Å². The molecule has 0 amide bonds. The van der Waals surface area contributed by atoms with Crippen LogP contribution >= 0.6 is 22.9 Å². The van der Waals surface area contributed by atoms with Gasteiger partial charge in [0, 0.05) is 22.6 Å². The van der Waals surface area contributed by atoms with Crippen molar-refractivity contribution >= 4 is 40.9 Å². The van der Waals surface area contributed by atoms with Crippen LogP contribution in [-0.4, -0.2) is 33.6 Å². The van der Waals surface area contributed by atoms with E-state index in [0.29, 0.717) is 22.9 Å². The van der Waals surface area contributed by atoms with E-state index >= 15 is 4.39 Å². The number of aliphatic imine (C=N–C) groups is 2. The zero-order valence-electron chi connectivity index (χ0n) is 19.0. The van der Waals surface area contributed by atoms with Crippen LogP contribution in [0.25, 0.3) is 10.6 Å². The van der Waals surface area contributed by atoms with Crippen LogP contribution in [0.5, 0.6) is 0 Å². The zero-order valence-corrected chi connectivity index (χ0v) is 20.5. The van der Waals surface area contributed by atoms with Gasteiger partial charge in [0.15, 0.2) is 11.6 Å². The van der Waals surface area contributed by atoms with Crippen LogP contribution in [0, 0.1) is 11.7 Å². The van der Waals surface area contributed by atoms with Gasteiger partial charge in [-0.25, -0.2) is 13.2 Å². The molecule has 5 rings (SSSR count). The zero-order chi connectivity index (χ0) is 24.9. The van der Waals surface area contributed by atoms with Gasteiger partial charge in [-0.15, -0.1) is 21.5 Å². The second-order valence-electron chi connectivity index (χ2n) is 8.53. The fourth-order valence-electron chi connectivity index (χ4n) is 4.61. The molecule has 2 aliphatic rings. The molecule has 0 spiro atoms. The smallest absolute Gasteiger partial charge is 0.242 e. The highest BCUT2D eigenvalue weighted by Crippen LogP contribution is 2.46. The molecule has 0 saturated carbocycles. The Morgan fingerprint density at radius 1 is 1.29 bits per heavy atom. The Bertz CT molecular complexity index is 1400. The summed E-state index contributed by atoms with van der Waals surface area (Å²) in [6.07, 6.45) is 3.15. The fraction of sp³-hybridized carbons (Fsp3) is 0.280. The van der Waals surface area contributed by atoms with Crippen LogP contribution < -0.4 is 0 Å². The van der Waals surface area contributed by atoms with E-state index in [1.54, 1.807) is 18.3 Å². The summed E-state index contributed by atoms with van der Waals surface area (Å²) in [5.74, 6) is -0.137. The highest BCUT2D eigenvalue weighted by atomic mass is 35.5. The highest BCUT2D eigenvalue weighted by molar-refractivity contribution is 7.15. The van der Waals surface area contributed by atoms with Gasteiger partial charge in [0.05, 0.1) is 16.3 Å². The third-order valence-corrected chi connectivity index (χ3v) is 7.81. The summed E-state index contributed by atoms with van der Waals surface area (Å²) in [5, 5.41) is 9.76. The maximum absolute atomic E-state index is 15.1. The Morgan fingerprint density at radius 2 is 2.09 bits per heavy atom. The highest BCUT2D eigenvalue weighted by Gasteiger charge is 2.39. The first kappa shape index (κ1) is 23.7. The number of hydrogen-bond donors (Lipinski definition) is 0. The van der Waals surface area contributed by atoms with E-state index < -0.39 is 24.2 Å². The van der Waals surface area contributed by atoms with Gasteiger partial charge in [-0.3, -0.25) is 14.6 Å². The van der Waals surface area contributed by atoms with Crippen LogP contribution in [0.15, 0.2) is 46.5 Å². The Hall–Kier alpha value is -3.04. The van der Waals surface area contributed by atoms with Gasteiger partial charge in [0.25, 0.3) is 0 Å². The van der Waals surface area contributed by atoms with E-state index in [2.05, 4.69) is 21.9 Å². The van der Waals surface area contributed by atoms with Gasteiger partial charge in [-0.1, -0.05) is 23.7 Å². The average molecular weight is 516 g/mol. The van der Waals surface area contributed by atoms with Gasteiger partial charge in [0.2, 0.25) is 6.43 Å². The quantitative estimate of drug-likeness (QED) is 0.283. The van der Waals surface area contributed by atoms with Crippen molar-refractivity contribution in [2.24, 2.45) is 15.9 Å². The minimum absolute atomic E-state index is 0.163. The molecule has 0 fully saturated rings. The minimum atomic E-state index is -2.44. The number of alkyl halides is 2. The monoisotopic (exact) mass is 515 g/mol. The lowest BCUT2D eigenvalue weighted by Gasteiger charge is -2.14. The van der Waals surface area contributed by atoms with E-state index in [-0.39, 0.29) is 23.4 Å². The van der Waals surface area contributed by atoms with Gasteiger partial charge in [-0.05, 0) is 62.8 Å². The maximum Gasteiger partial charge on any atom is 0.242 e. The molecule has 3 aromatic rings. The van der Waals surface area contributed by atoms with Crippen molar-refractivity contribution in [1.29, 1.82) is 0 Å². The number of rotatable bonds is 5. The number of benzene rings is 1. The molecule has 1 aromatic carbocycles. The summed E-state index contributed by atoms with van der Waals surface area (Å²) in [4.78, 5) is 9.41. The van der Waals surface area contributed by atoms with E-state index in [9.17, 15) is 8.78 Å². The number of aromatic nitrogens is 3. The predicted octanol–water partition coefficient (Wildman–Crippen LogP) is 6.63. The summed E-state index contributed by atoms with van der Waals surface area (Å²) in [5.41, 5.74) is 2.73. The van der Waals surface area contributed by atoms with Crippen LogP contribution in [-0.2, 0) is 12.8 Å². The average Bonchev–Trinajstić information content (AvgIpc) is 3.48. The van der Waals surface area contributed by atoms with Crippen LogP contribution in [0.2, 0.25) is 5.02 Å². The third kappa shape index (κ3) is 3.96. The maximum atomic E-state index is 15.1. The number of allylic oxidation sites excluding steroid dienone is 3. The van der Waals surface area contributed by atoms with Crippen molar-refractivity contribution in [3.8, 4) is 5.00 Å². The molecule has 5 nitrogen and oxygen atoms in total. The second kappa shape index (κ2) is 9.20. The van der Waals surface area contributed by atoms with Gasteiger partial charge in [-0.2, -0.15) is 0 Å². The van der Waals surface area contributed by atoms with Crippen molar-refractivity contribution in [1.82, 2.24) is 14.8 Å². The molecule has 1 aliphatic carbocycles. The first-order valence-electron chi connectivity index (χ1n) is 11.0. The number of halogens is 4. The topological polar surface area (TPSA) is 55.4 Å². The number of fused-ring (bicyclic) bond motifs is 5. The Kier molecular flexibility index (Phi) is 6.23. The molecular formula is C25H21ClF3N5S. The first-order chi connectivity index (χ1) is 16.8. The molecule has 1 unspecified atom stereocenters. The molecule has 2 aromatic heterocycles. The van der Waals surface area contributed by atoms with Crippen LogP contribution in [0.3, 0.4) is 0 Å². The largest absolute Gasteiger partial charge is 0.273 e. The van der Waals surface area contributed by atoms with Crippen LogP contribution in [0.4, 0.5) is 13.2 Å². The summed E-state index contributed by atoms with van der Waals surface area (Å²) < 4.78 is 44.4. The van der Waals surface area contributed by atoms with Crippen molar-refractivity contribution in [2.45, 2.75) is 39.2 Å².